The molecule has 0 amide bonds. The molecule has 1 N–H and O–H groups in total. The van der Waals surface area contributed by atoms with Gasteiger partial charge in [0.15, 0.2) is 5.78 Å². The summed E-state index contributed by atoms with van der Waals surface area (Å²) in [6.45, 7) is 11.0. The summed E-state index contributed by atoms with van der Waals surface area (Å²) >= 11 is 12.7. The lowest BCUT2D eigenvalue weighted by Gasteiger charge is -2.32. The highest BCUT2D eigenvalue weighted by atomic mass is 35.5. The molecule has 1 aliphatic rings. The number of allylic oxidation sites excluding steroid dienone is 1. The SMILES string of the molecule is C=CC(=O)Cc1ccc(OCCN2CCN(C)CC2)c(C)c1Nc1ncc(/C=C(\F)c2c(Cl)c(OC)cc(OC)c2Cl)cn1. The van der Waals surface area contributed by atoms with Crippen LogP contribution in [-0.2, 0) is 11.2 Å². The monoisotopic (exact) mass is 643 g/mol. The van der Waals surface area contributed by atoms with Crippen molar-refractivity contribution in [3.8, 4) is 17.2 Å². The minimum Gasteiger partial charge on any atom is -0.495 e. The minimum atomic E-state index is -0.719. The first-order valence-corrected chi connectivity index (χ1v) is 14.8. The molecule has 0 unspecified atom stereocenters. The molecule has 0 radical (unpaired) electrons. The van der Waals surface area contributed by atoms with E-state index in [1.807, 2.05) is 19.1 Å². The number of carbonyl (C=O) groups excluding carboxylic acids is 1. The zero-order chi connectivity index (χ0) is 31.8. The Labute approximate surface area is 267 Å². The smallest absolute Gasteiger partial charge is 0.227 e. The summed E-state index contributed by atoms with van der Waals surface area (Å²) in [5, 5.41) is 3.24. The number of nitrogens with zero attached hydrogens (tertiary/aromatic N) is 4. The summed E-state index contributed by atoms with van der Waals surface area (Å²) in [5.41, 5.74) is 2.51. The molecule has 0 spiro atoms. The van der Waals surface area contributed by atoms with Gasteiger partial charge in [-0.05, 0) is 37.8 Å². The predicted octanol–water partition coefficient (Wildman–Crippen LogP) is 6.24. The quantitative estimate of drug-likeness (QED) is 0.217. The molecule has 1 saturated heterocycles. The van der Waals surface area contributed by atoms with E-state index in [0.717, 1.165) is 43.9 Å². The molecule has 2 heterocycles. The highest BCUT2D eigenvalue weighted by Gasteiger charge is 2.21. The molecular weight excluding hydrogens is 608 g/mol. The highest BCUT2D eigenvalue weighted by molar-refractivity contribution is 6.39. The second-order valence-corrected chi connectivity index (χ2v) is 11.1. The van der Waals surface area contributed by atoms with Crippen LogP contribution in [0.15, 0.2) is 43.2 Å². The molecule has 2 aromatic carbocycles. The van der Waals surface area contributed by atoms with E-state index in [-0.39, 0.29) is 45.3 Å². The summed E-state index contributed by atoms with van der Waals surface area (Å²) in [4.78, 5) is 25.7. The fourth-order valence-electron chi connectivity index (χ4n) is 4.75. The Morgan fingerprint density at radius 3 is 2.30 bits per heavy atom. The summed E-state index contributed by atoms with van der Waals surface area (Å²) in [7, 11) is 4.95. The maximum absolute atomic E-state index is 15.4. The van der Waals surface area contributed by atoms with Crippen LogP contribution in [0.5, 0.6) is 17.2 Å². The van der Waals surface area contributed by atoms with Crippen LogP contribution in [0.1, 0.15) is 22.3 Å². The zero-order valence-corrected chi connectivity index (χ0v) is 26.8. The Bertz CT molecular complexity index is 1500. The van der Waals surface area contributed by atoms with Gasteiger partial charge in [-0.25, -0.2) is 14.4 Å². The van der Waals surface area contributed by atoms with E-state index in [1.165, 1.54) is 44.8 Å². The summed E-state index contributed by atoms with van der Waals surface area (Å²) in [6.07, 6.45) is 5.56. The van der Waals surface area contributed by atoms with Crippen molar-refractivity contribution in [2.24, 2.45) is 0 Å². The first-order chi connectivity index (χ1) is 21.1. The molecule has 0 bridgehead atoms. The van der Waals surface area contributed by atoms with Gasteiger partial charge in [0.1, 0.15) is 29.7 Å². The lowest BCUT2D eigenvalue weighted by molar-refractivity contribution is -0.114. The molecule has 0 aliphatic carbocycles. The third-order valence-electron chi connectivity index (χ3n) is 7.37. The number of aromatic nitrogens is 2. The number of benzene rings is 2. The molecule has 0 atom stereocenters. The Kier molecular flexibility index (Phi) is 11.6. The fraction of sp³-hybridized carbons (Fsp3) is 0.344. The first kappa shape index (κ1) is 33.2. The molecule has 12 heteroatoms. The zero-order valence-electron chi connectivity index (χ0n) is 25.3. The molecule has 3 aromatic rings. The lowest BCUT2D eigenvalue weighted by atomic mass is 10.0. The van der Waals surface area contributed by atoms with E-state index in [2.05, 4.69) is 38.7 Å². The maximum Gasteiger partial charge on any atom is 0.227 e. The summed E-state index contributed by atoms with van der Waals surface area (Å²) in [5.74, 6) is 0.540. The second-order valence-electron chi connectivity index (χ2n) is 10.3. The van der Waals surface area contributed by atoms with E-state index in [1.54, 1.807) is 0 Å². The third-order valence-corrected chi connectivity index (χ3v) is 8.12. The van der Waals surface area contributed by atoms with Crippen LogP contribution in [0.25, 0.3) is 11.9 Å². The number of hydrogen-bond donors (Lipinski definition) is 1. The van der Waals surface area contributed by atoms with Gasteiger partial charge in [0.2, 0.25) is 5.95 Å². The van der Waals surface area contributed by atoms with Crippen molar-refractivity contribution in [2.45, 2.75) is 13.3 Å². The van der Waals surface area contributed by atoms with Crippen LogP contribution in [-0.4, -0.2) is 86.1 Å². The summed E-state index contributed by atoms with van der Waals surface area (Å²) < 4.78 is 32.0. The van der Waals surface area contributed by atoms with Gasteiger partial charge < -0.3 is 24.4 Å². The van der Waals surface area contributed by atoms with Crippen LogP contribution in [0.2, 0.25) is 10.0 Å². The largest absolute Gasteiger partial charge is 0.495 e. The third kappa shape index (κ3) is 8.06. The Morgan fingerprint density at radius 2 is 1.70 bits per heavy atom. The average Bonchev–Trinajstić information content (AvgIpc) is 3.02. The van der Waals surface area contributed by atoms with Crippen molar-refractivity contribution in [1.82, 2.24) is 19.8 Å². The lowest BCUT2D eigenvalue weighted by Crippen LogP contribution is -2.45. The van der Waals surface area contributed by atoms with Crippen molar-refractivity contribution >= 4 is 52.5 Å². The van der Waals surface area contributed by atoms with Gasteiger partial charge in [-0.2, -0.15) is 0 Å². The molecule has 9 nitrogen and oxygen atoms in total. The molecule has 44 heavy (non-hydrogen) atoms. The predicted molar refractivity (Wildman–Crippen MR) is 173 cm³/mol. The number of hydrogen-bond acceptors (Lipinski definition) is 9. The number of anilines is 2. The Hall–Kier alpha value is -3.70. The van der Waals surface area contributed by atoms with Crippen LogP contribution >= 0.6 is 23.2 Å². The van der Waals surface area contributed by atoms with E-state index in [9.17, 15) is 4.79 Å². The van der Waals surface area contributed by atoms with E-state index < -0.39 is 5.83 Å². The van der Waals surface area contributed by atoms with Gasteiger partial charge in [-0.15, -0.1) is 0 Å². The van der Waals surface area contributed by atoms with Gasteiger partial charge in [0.05, 0.1) is 35.5 Å². The first-order valence-electron chi connectivity index (χ1n) is 14.0. The molecule has 0 saturated carbocycles. The number of ketones is 1. The van der Waals surface area contributed by atoms with Gasteiger partial charge in [0, 0.05) is 68.7 Å². The second kappa shape index (κ2) is 15.3. The molecule has 1 fully saturated rings. The molecule has 1 aliphatic heterocycles. The number of rotatable bonds is 13. The Morgan fingerprint density at radius 1 is 1.07 bits per heavy atom. The maximum atomic E-state index is 15.4. The molecule has 1 aromatic heterocycles. The van der Waals surface area contributed by atoms with Gasteiger partial charge in [0.25, 0.3) is 0 Å². The fourth-order valence-corrected chi connectivity index (χ4v) is 5.43. The van der Waals surface area contributed by atoms with Gasteiger partial charge in [-0.3, -0.25) is 9.69 Å². The van der Waals surface area contributed by atoms with Crippen LogP contribution < -0.4 is 19.5 Å². The van der Waals surface area contributed by atoms with Crippen molar-refractivity contribution in [3.05, 3.63) is 75.5 Å². The molecule has 234 valence electrons. The Balaban J connectivity index is 1.55. The van der Waals surface area contributed by atoms with Crippen molar-refractivity contribution in [2.75, 3.05) is 65.9 Å². The van der Waals surface area contributed by atoms with Crippen LogP contribution in [0.3, 0.4) is 0 Å². The van der Waals surface area contributed by atoms with Crippen LogP contribution in [0.4, 0.5) is 16.0 Å². The number of nitrogens with one attached hydrogen (secondary N) is 1. The minimum absolute atomic E-state index is 0.00830. The van der Waals surface area contributed by atoms with E-state index in [4.69, 9.17) is 37.4 Å². The van der Waals surface area contributed by atoms with Crippen molar-refractivity contribution < 1.29 is 23.4 Å². The topological polar surface area (TPSA) is 89.1 Å². The number of methoxy groups -OCH3 is 2. The number of likely N-dealkylation sites (N-methyl/N-ethyl adjacent to an activating group) is 1. The van der Waals surface area contributed by atoms with Crippen LogP contribution in [0, 0.1) is 6.92 Å². The standard InChI is InChI=1S/C32H36Cl2FN5O4/c1-6-23(41)16-22-7-8-25(44-14-13-40-11-9-39(3)10-12-40)20(2)31(22)38-32-36-18-21(19-37-32)15-24(35)28-29(33)26(42-4)17-27(43-5)30(28)34/h6-8,15,17-19H,1,9-14,16H2,2-5H3,(H,36,37,38)/b24-15-. The van der Waals surface area contributed by atoms with Crippen molar-refractivity contribution in [3.63, 3.8) is 0 Å². The number of halogens is 3. The average molecular weight is 645 g/mol. The molecular formula is C32H36Cl2FN5O4. The van der Waals surface area contributed by atoms with Crippen molar-refractivity contribution in [1.29, 1.82) is 0 Å². The number of carbonyl (C=O) groups is 1. The number of ether oxygens (including phenoxy) is 3. The van der Waals surface area contributed by atoms with Gasteiger partial charge >= 0.3 is 0 Å². The summed E-state index contributed by atoms with van der Waals surface area (Å²) in [6, 6.07) is 5.21. The van der Waals surface area contributed by atoms with E-state index in [0.29, 0.717) is 23.6 Å². The van der Waals surface area contributed by atoms with E-state index >= 15 is 4.39 Å². The normalized spacial score (nSPS) is 14.3. The molecule has 4 rings (SSSR count). The highest BCUT2D eigenvalue weighted by Crippen LogP contribution is 2.44. The van der Waals surface area contributed by atoms with Gasteiger partial charge in [-0.1, -0.05) is 35.8 Å². The number of piperazine rings is 1.